The SMILES string of the molecule is CCOC(=O)[C@@H]1C[C@H]2C[C@@H]([C@H]1NC(=O)Nc1ccc(Cl)cc1)C2(C)C. The predicted molar refractivity (Wildman–Crippen MR) is 97.5 cm³/mol. The molecule has 3 saturated carbocycles. The van der Waals surface area contributed by atoms with Gasteiger partial charge in [-0.25, -0.2) is 4.79 Å². The summed E-state index contributed by atoms with van der Waals surface area (Å²) in [5, 5.41) is 6.46. The zero-order valence-corrected chi connectivity index (χ0v) is 15.6. The number of carbonyl (C=O) groups excluding carboxylic acids is 2. The number of anilines is 1. The molecule has 1 aromatic rings. The third-order valence-corrected chi connectivity index (χ3v) is 6.19. The molecule has 136 valence electrons. The summed E-state index contributed by atoms with van der Waals surface area (Å²) < 4.78 is 5.24. The van der Waals surface area contributed by atoms with E-state index in [2.05, 4.69) is 24.5 Å². The average molecular weight is 365 g/mol. The van der Waals surface area contributed by atoms with Crippen LogP contribution in [0.15, 0.2) is 24.3 Å². The summed E-state index contributed by atoms with van der Waals surface area (Å²) in [5.41, 5.74) is 0.803. The highest BCUT2D eigenvalue weighted by Gasteiger charge is 2.59. The van der Waals surface area contributed by atoms with Crippen LogP contribution in [0, 0.1) is 23.2 Å². The number of carbonyl (C=O) groups is 2. The van der Waals surface area contributed by atoms with Crippen LogP contribution in [0.4, 0.5) is 10.5 Å². The van der Waals surface area contributed by atoms with Gasteiger partial charge in [-0.05, 0) is 61.3 Å². The van der Waals surface area contributed by atoms with Crippen LogP contribution in [0.3, 0.4) is 0 Å². The van der Waals surface area contributed by atoms with Crippen LogP contribution in [0.2, 0.25) is 5.02 Å². The van der Waals surface area contributed by atoms with Crippen molar-refractivity contribution in [2.45, 2.75) is 39.7 Å². The van der Waals surface area contributed by atoms with Crippen LogP contribution in [0.5, 0.6) is 0 Å². The minimum atomic E-state index is -0.303. The number of ether oxygens (including phenoxy) is 1. The van der Waals surface area contributed by atoms with Gasteiger partial charge in [0.1, 0.15) is 0 Å². The summed E-state index contributed by atoms with van der Waals surface area (Å²) in [4.78, 5) is 24.8. The van der Waals surface area contributed by atoms with E-state index < -0.39 is 0 Å². The lowest BCUT2D eigenvalue weighted by molar-refractivity contribution is -0.166. The first kappa shape index (κ1) is 18.1. The van der Waals surface area contributed by atoms with Gasteiger partial charge in [0.15, 0.2) is 0 Å². The quantitative estimate of drug-likeness (QED) is 0.791. The molecule has 3 fully saturated rings. The first-order valence-electron chi connectivity index (χ1n) is 8.82. The zero-order valence-electron chi connectivity index (χ0n) is 14.8. The topological polar surface area (TPSA) is 67.4 Å². The number of amides is 2. The third kappa shape index (κ3) is 3.47. The number of benzene rings is 1. The van der Waals surface area contributed by atoms with E-state index in [0.29, 0.717) is 23.2 Å². The first-order valence-corrected chi connectivity index (χ1v) is 9.20. The lowest BCUT2D eigenvalue weighted by atomic mass is 9.45. The molecule has 2 amide bonds. The molecular weight excluding hydrogens is 340 g/mol. The molecule has 3 aliphatic rings. The molecule has 2 N–H and O–H groups in total. The maximum absolute atomic E-state index is 12.5. The predicted octanol–water partition coefficient (Wildman–Crippen LogP) is 4.08. The second kappa shape index (κ2) is 6.87. The number of halogens is 1. The summed E-state index contributed by atoms with van der Waals surface area (Å²) in [6, 6.07) is 6.43. The highest BCUT2D eigenvalue weighted by atomic mass is 35.5. The molecule has 0 spiro atoms. The van der Waals surface area contributed by atoms with Gasteiger partial charge in [0.2, 0.25) is 0 Å². The Balaban J connectivity index is 1.70. The van der Waals surface area contributed by atoms with Crippen molar-refractivity contribution in [2.75, 3.05) is 11.9 Å². The second-order valence-corrected chi connectivity index (χ2v) is 8.02. The van der Waals surface area contributed by atoms with Crippen molar-refractivity contribution in [1.29, 1.82) is 0 Å². The Morgan fingerprint density at radius 3 is 2.52 bits per heavy atom. The van der Waals surface area contributed by atoms with E-state index >= 15 is 0 Å². The van der Waals surface area contributed by atoms with Crippen molar-refractivity contribution < 1.29 is 14.3 Å². The van der Waals surface area contributed by atoms with Crippen LogP contribution in [-0.2, 0) is 9.53 Å². The standard InChI is InChI=1S/C19H25ClN2O3/c1-4-25-17(23)14-9-11-10-15(19(11,2)3)16(14)22-18(24)21-13-7-5-12(20)6-8-13/h5-8,11,14-16H,4,9-10H2,1-3H3,(H2,21,22,24)/t11-,14+,15-,16-/m0/s1. The fourth-order valence-corrected chi connectivity index (χ4v) is 4.47. The van der Waals surface area contributed by atoms with E-state index in [1.807, 2.05) is 0 Å². The van der Waals surface area contributed by atoms with E-state index in [0.717, 1.165) is 12.8 Å². The Kier molecular flexibility index (Phi) is 4.96. The van der Waals surface area contributed by atoms with Gasteiger partial charge in [0.05, 0.1) is 12.5 Å². The third-order valence-electron chi connectivity index (χ3n) is 5.94. The Labute approximate surface area is 153 Å². The van der Waals surface area contributed by atoms with E-state index in [1.54, 1.807) is 31.2 Å². The van der Waals surface area contributed by atoms with Crippen LogP contribution >= 0.6 is 11.6 Å². The lowest BCUT2D eigenvalue weighted by Crippen LogP contribution is -2.65. The number of hydrogen-bond acceptors (Lipinski definition) is 3. The number of hydrogen-bond donors (Lipinski definition) is 2. The Morgan fingerprint density at radius 2 is 1.92 bits per heavy atom. The Morgan fingerprint density at radius 1 is 1.24 bits per heavy atom. The minimum Gasteiger partial charge on any atom is -0.466 e. The van der Waals surface area contributed by atoms with Gasteiger partial charge in [-0.1, -0.05) is 25.4 Å². The Bertz CT molecular complexity index is 659. The molecule has 25 heavy (non-hydrogen) atoms. The fourth-order valence-electron chi connectivity index (χ4n) is 4.34. The van der Waals surface area contributed by atoms with Crippen molar-refractivity contribution in [1.82, 2.24) is 5.32 Å². The summed E-state index contributed by atoms with van der Waals surface area (Å²) in [5.74, 6) is 0.332. The molecule has 1 aromatic carbocycles. The van der Waals surface area contributed by atoms with Gasteiger partial charge >= 0.3 is 12.0 Å². The van der Waals surface area contributed by atoms with Gasteiger partial charge in [0, 0.05) is 16.8 Å². The van der Waals surface area contributed by atoms with Gasteiger partial charge in [-0.2, -0.15) is 0 Å². The van der Waals surface area contributed by atoms with Crippen LogP contribution in [0.1, 0.15) is 33.6 Å². The van der Waals surface area contributed by atoms with Crippen molar-refractivity contribution in [3.8, 4) is 0 Å². The number of fused-ring (bicyclic) bond motifs is 2. The summed E-state index contributed by atoms with van der Waals surface area (Å²) in [6.07, 6.45) is 1.82. The van der Waals surface area contributed by atoms with Gasteiger partial charge < -0.3 is 15.4 Å². The number of esters is 1. The molecule has 0 unspecified atom stereocenters. The molecule has 0 saturated heterocycles. The number of rotatable bonds is 4. The van der Waals surface area contributed by atoms with Gasteiger partial charge in [-0.15, -0.1) is 0 Å². The van der Waals surface area contributed by atoms with Crippen molar-refractivity contribution >= 4 is 29.3 Å². The van der Waals surface area contributed by atoms with E-state index in [-0.39, 0.29) is 35.3 Å². The maximum Gasteiger partial charge on any atom is 0.319 e. The molecule has 5 nitrogen and oxygen atoms in total. The van der Waals surface area contributed by atoms with E-state index in [4.69, 9.17) is 16.3 Å². The number of nitrogens with one attached hydrogen (secondary N) is 2. The normalized spacial score (nSPS) is 29.3. The van der Waals surface area contributed by atoms with E-state index in [9.17, 15) is 9.59 Å². The highest BCUT2D eigenvalue weighted by molar-refractivity contribution is 6.30. The molecule has 4 atom stereocenters. The summed E-state index contributed by atoms with van der Waals surface area (Å²) in [6.45, 7) is 6.61. The average Bonchev–Trinajstić information content (AvgIpc) is 2.56. The summed E-state index contributed by atoms with van der Waals surface area (Å²) in [7, 11) is 0. The minimum absolute atomic E-state index is 0.140. The van der Waals surface area contributed by atoms with Crippen molar-refractivity contribution in [3.63, 3.8) is 0 Å². The molecule has 0 radical (unpaired) electrons. The first-order chi connectivity index (χ1) is 11.8. The van der Waals surface area contributed by atoms with Crippen LogP contribution < -0.4 is 10.6 Å². The molecular formula is C19H25ClN2O3. The smallest absolute Gasteiger partial charge is 0.319 e. The maximum atomic E-state index is 12.5. The molecule has 0 heterocycles. The fraction of sp³-hybridized carbons (Fsp3) is 0.579. The van der Waals surface area contributed by atoms with Crippen molar-refractivity contribution in [2.24, 2.45) is 23.2 Å². The highest BCUT2D eigenvalue weighted by Crippen LogP contribution is 2.60. The van der Waals surface area contributed by atoms with E-state index in [1.165, 1.54) is 0 Å². The monoisotopic (exact) mass is 364 g/mol. The molecule has 6 heteroatoms. The van der Waals surface area contributed by atoms with Gasteiger partial charge in [0.25, 0.3) is 0 Å². The molecule has 0 aromatic heterocycles. The number of urea groups is 1. The van der Waals surface area contributed by atoms with Crippen LogP contribution in [0.25, 0.3) is 0 Å². The van der Waals surface area contributed by atoms with Crippen molar-refractivity contribution in [3.05, 3.63) is 29.3 Å². The largest absolute Gasteiger partial charge is 0.466 e. The van der Waals surface area contributed by atoms with Crippen LogP contribution in [-0.4, -0.2) is 24.6 Å². The molecule has 4 rings (SSSR count). The lowest BCUT2D eigenvalue weighted by Gasteiger charge is -2.61. The molecule has 2 bridgehead atoms. The summed E-state index contributed by atoms with van der Waals surface area (Å²) >= 11 is 5.86. The zero-order chi connectivity index (χ0) is 18.2. The second-order valence-electron chi connectivity index (χ2n) is 7.59. The molecule has 0 aliphatic heterocycles. The van der Waals surface area contributed by atoms with Gasteiger partial charge in [-0.3, -0.25) is 4.79 Å². The Hall–Kier alpha value is -1.75. The molecule has 3 aliphatic carbocycles.